The van der Waals surface area contributed by atoms with Crippen LogP contribution in [0.25, 0.3) is 0 Å². The first-order chi connectivity index (χ1) is 16.2. The van der Waals surface area contributed by atoms with Gasteiger partial charge in [0.15, 0.2) is 0 Å². The van der Waals surface area contributed by atoms with Crippen LogP contribution in [0.5, 0.6) is 0 Å². The summed E-state index contributed by atoms with van der Waals surface area (Å²) in [6.07, 6.45) is 1.70. The van der Waals surface area contributed by atoms with Crippen molar-refractivity contribution in [2.24, 2.45) is 11.7 Å². The SMILES string of the molecule is CC(C)[C@H](NC(=O)CNC(=O)CNI)C(=O)N[C@@H](CCCCN)C(=O)Nc1ccc(CO)cc1. The molecule has 2 atom stereocenters. The first kappa shape index (κ1) is 29.7. The first-order valence-corrected chi connectivity index (χ1v) is 12.2. The number of amides is 4. The molecule has 1 aromatic carbocycles. The Morgan fingerprint density at radius 3 is 2.21 bits per heavy atom. The number of aliphatic hydroxyl groups is 1. The van der Waals surface area contributed by atoms with Gasteiger partial charge < -0.3 is 32.1 Å². The molecule has 1 rings (SSSR count). The zero-order valence-corrected chi connectivity index (χ0v) is 21.7. The Morgan fingerprint density at radius 1 is 0.971 bits per heavy atom. The second-order valence-electron chi connectivity index (χ2n) is 8.07. The van der Waals surface area contributed by atoms with Crippen LogP contribution in [0.4, 0.5) is 5.69 Å². The molecule has 0 aliphatic carbocycles. The largest absolute Gasteiger partial charge is 0.392 e. The zero-order chi connectivity index (χ0) is 25.5. The zero-order valence-electron chi connectivity index (χ0n) is 19.5. The number of unbranched alkanes of at least 4 members (excludes halogenated alkanes) is 1. The molecule has 11 nitrogen and oxygen atoms in total. The minimum atomic E-state index is -0.888. The molecule has 0 aromatic heterocycles. The lowest BCUT2D eigenvalue weighted by Crippen LogP contribution is -2.55. The molecule has 0 heterocycles. The molecular formula is C22H35IN6O5. The molecule has 0 spiro atoms. The van der Waals surface area contributed by atoms with Crippen LogP contribution in [-0.2, 0) is 25.8 Å². The van der Waals surface area contributed by atoms with Gasteiger partial charge in [-0.3, -0.25) is 22.7 Å². The van der Waals surface area contributed by atoms with Gasteiger partial charge in [-0.2, -0.15) is 0 Å². The van der Waals surface area contributed by atoms with Gasteiger partial charge in [-0.1, -0.05) is 26.0 Å². The number of benzene rings is 1. The number of carbonyl (C=O) groups excluding carboxylic acids is 4. The molecular weight excluding hydrogens is 555 g/mol. The van der Waals surface area contributed by atoms with Gasteiger partial charge >= 0.3 is 0 Å². The molecule has 0 saturated carbocycles. The van der Waals surface area contributed by atoms with E-state index < -0.39 is 29.8 Å². The number of anilines is 1. The standard InChI is InChI=1S/C22H35IN6O5/c1-14(2)20(29-19(32)11-25-18(31)12-26-23)22(34)28-17(5-3-4-10-24)21(33)27-16-8-6-15(13-30)7-9-16/h6-9,14,17,20,26,30H,3-5,10-13,24H2,1-2H3,(H,25,31)(H,27,33)(H,28,34)(H,29,32)/t17-,20-/m0/s1. The lowest BCUT2D eigenvalue weighted by molar-refractivity contribution is -0.132. The van der Waals surface area contributed by atoms with Crippen LogP contribution in [0.15, 0.2) is 24.3 Å². The van der Waals surface area contributed by atoms with E-state index in [2.05, 4.69) is 24.8 Å². The van der Waals surface area contributed by atoms with Crippen LogP contribution in [0.1, 0.15) is 38.7 Å². The van der Waals surface area contributed by atoms with Gasteiger partial charge in [0.25, 0.3) is 0 Å². The summed E-state index contributed by atoms with van der Waals surface area (Å²) in [6.45, 7) is 3.70. The predicted molar refractivity (Wildman–Crippen MR) is 138 cm³/mol. The lowest BCUT2D eigenvalue weighted by Gasteiger charge is -2.25. The molecule has 0 aliphatic rings. The summed E-state index contributed by atoms with van der Waals surface area (Å²) in [6, 6.07) is 5.00. The van der Waals surface area contributed by atoms with Crippen molar-refractivity contribution in [2.45, 2.75) is 51.8 Å². The van der Waals surface area contributed by atoms with Gasteiger partial charge in [-0.05, 0) is 49.4 Å². The van der Waals surface area contributed by atoms with Crippen molar-refractivity contribution in [1.82, 2.24) is 19.5 Å². The normalized spacial score (nSPS) is 12.5. The second-order valence-corrected chi connectivity index (χ2v) is 8.83. The van der Waals surface area contributed by atoms with E-state index in [1.165, 1.54) is 0 Å². The Morgan fingerprint density at radius 2 is 1.65 bits per heavy atom. The van der Waals surface area contributed by atoms with E-state index in [4.69, 9.17) is 10.8 Å². The van der Waals surface area contributed by atoms with Crippen molar-refractivity contribution in [2.75, 3.05) is 25.0 Å². The van der Waals surface area contributed by atoms with Gasteiger partial charge in [0.1, 0.15) is 12.1 Å². The third-order valence-corrected chi connectivity index (χ3v) is 5.30. The van der Waals surface area contributed by atoms with Gasteiger partial charge in [0, 0.05) is 28.6 Å². The number of halogens is 1. The minimum Gasteiger partial charge on any atom is -0.392 e. The number of aliphatic hydroxyl groups excluding tert-OH is 1. The highest BCUT2D eigenvalue weighted by Crippen LogP contribution is 2.12. The van der Waals surface area contributed by atoms with E-state index in [1.54, 1.807) is 38.1 Å². The third kappa shape index (κ3) is 11.2. The van der Waals surface area contributed by atoms with E-state index in [1.807, 2.05) is 22.9 Å². The Bertz CT molecular complexity index is 805. The van der Waals surface area contributed by atoms with Crippen molar-refractivity contribution < 1.29 is 24.3 Å². The number of nitrogens with two attached hydrogens (primary N) is 1. The quantitative estimate of drug-likeness (QED) is 0.0850. The summed E-state index contributed by atoms with van der Waals surface area (Å²) in [5.74, 6) is -2.00. The van der Waals surface area contributed by atoms with Gasteiger partial charge in [-0.15, -0.1) is 0 Å². The van der Waals surface area contributed by atoms with Crippen molar-refractivity contribution in [3.63, 3.8) is 0 Å². The fourth-order valence-electron chi connectivity index (χ4n) is 3.01. The average molecular weight is 590 g/mol. The fourth-order valence-corrected chi connectivity index (χ4v) is 3.35. The highest BCUT2D eigenvalue weighted by atomic mass is 127. The molecule has 4 amide bonds. The van der Waals surface area contributed by atoms with Gasteiger partial charge in [-0.25, -0.2) is 0 Å². The summed E-state index contributed by atoms with van der Waals surface area (Å²) < 4.78 is 2.65. The summed E-state index contributed by atoms with van der Waals surface area (Å²) in [5, 5.41) is 19.8. The Balaban J connectivity index is 2.82. The monoisotopic (exact) mass is 590 g/mol. The van der Waals surface area contributed by atoms with E-state index in [0.29, 0.717) is 37.1 Å². The van der Waals surface area contributed by atoms with Crippen LogP contribution in [0, 0.1) is 5.92 Å². The average Bonchev–Trinajstić information content (AvgIpc) is 2.81. The van der Waals surface area contributed by atoms with Gasteiger partial charge in [0.2, 0.25) is 23.6 Å². The maximum Gasteiger partial charge on any atom is 0.246 e. The summed E-state index contributed by atoms with van der Waals surface area (Å²) in [7, 11) is 0. The number of hydrogen-bond donors (Lipinski definition) is 7. The first-order valence-electron chi connectivity index (χ1n) is 11.1. The molecule has 0 bridgehead atoms. The predicted octanol–water partition coefficient (Wildman–Crippen LogP) is -0.0722. The molecule has 0 saturated heterocycles. The number of carbonyl (C=O) groups is 4. The van der Waals surface area contributed by atoms with Crippen molar-refractivity contribution in [1.29, 1.82) is 0 Å². The summed E-state index contributed by atoms with van der Waals surface area (Å²) in [5.41, 5.74) is 6.81. The highest BCUT2D eigenvalue weighted by Gasteiger charge is 2.28. The van der Waals surface area contributed by atoms with Crippen LogP contribution in [0.3, 0.4) is 0 Å². The minimum absolute atomic E-state index is 0.0598. The number of hydrogen-bond acceptors (Lipinski definition) is 7. The number of nitrogens with one attached hydrogen (secondary N) is 5. The van der Waals surface area contributed by atoms with E-state index >= 15 is 0 Å². The molecule has 34 heavy (non-hydrogen) atoms. The van der Waals surface area contributed by atoms with E-state index in [9.17, 15) is 19.2 Å². The van der Waals surface area contributed by atoms with Crippen molar-refractivity contribution in [3.8, 4) is 0 Å². The van der Waals surface area contributed by atoms with Crippen molar-refractivity contribution in [3.05, 3.63) is 29.8 Å². The lowest BCUT2D eigenvalue weighted by atomic mass is 10.0. The van der Waals surface area contributed by atoms with Crippen LogP contribution in [0.2, 0.25) is 0 Å². The highest BCUT2D eigenvalue weighted by molar-refractivity contribution is 14.1. The maximum atomic E-state index is 13.0. The Kier molecular flexibility index (Phi) is 14.3. The fraction of sp³-hybridized carbons (Fsp3) is 0.545. The maximum absolute atomic E-state index is 13.0. The topological polar surface area (TPSA) is 175 Å². The molecule has 0 fully saturated rings. The molecule has 8 N–H and O–H groups in total. The van der Waals surface area contributed by atoms with Gasteiger partial charge in [0.05, 0.1) is 19.7 Å². The molecule has 0 radical (unpaired) electrons. The van der Waals surface area contributed by atoms with E-state index in [0.717, 1.165) is 0 Å². The molecule has 1 aromatic rings. The summed E-state index contributed by atoms with van der Waals surface area (Å²) >= 11 is 1.82. The Hall–Kier alpha value is -2.29. The molecule has 0 unspecified atom stereocenters. The molecule has 0 aliphatic heterocycles. The number of rotatable bonds is 15. The second kappa shape index (κ2) is 16.4. The van der Waals surface area contributed by atoms with Crippen LogP contribution >= 0.6 is 22.9 Å². The van der Waals surface area contributed by atoms with E-state index in [-0.39, 0.29) is 31.5 Å². The smallest absolute Gasteiger partial charge is 0.246 e. The Labute approximate surface area is 213 Å². The third-order valence-electron chi connectivity index (χ3n) is 4.92. The summed E-state index contributed by atoms with van der Waals surface area (Å²) in [4.78, 5) is 49.7. The molecule has 12 heteroatoms. The van der Waals surface area contributed by atoms with Crippen LogP contribution in [-0.4, -0.2) is 60.5 Å². The van der Waals surface area contributed by atoms with Crippen LogP contribution < -0.4 is 30.5 Å². The molecule has 190 valence electrons. The van der Waals surface area contributed by atoms with Crippen molar-refractivity contribution >= 4 is 52.2 Å².